The SMILES string of the molecule is CC[C@@H]1CC(=O)C1(C)C.CC[C@H]1CC(=O)C1(C)C. The Labute approximate surface area is 112 Å². The third-order valence-electron chi connectivity index (χ3n) is 5.33. The van der Waals surface area contributed by atoms with E-state index >= 15 is 0 Å². The van der Waals surface area contributed by atoms with Gasteiger partial charge in [0.15, 0.2) is 0 Å². The van der Waals surface area contributed by atoms with Gasteiger partial charge in [-0.2, -0.15) is 0 Å². The van der Waals surface area contributed by atoms with E-state index in [0.29, 0.717) is 23.4 Å². The van der Waals surface area contributed by atoms with Crippen molar-refractivity contribution in [1.82, 2.24) is 0 Å². The highest BCUT2D eigenvalue weighted by Crippen LogP contribution is 2.44. The summed E-state index contributed by atoms with van der Waals surface area (Å²) in [4.78, 5) is 21.8. The van der Waals surface area contributed by atoms with Crippen LogP contribution < -0.4 is 0 Å². The lowest BCUT2D eigenvalue weighted by Gasteiger charge is -2.42. The number of hydrogen-bond acceptors (Lipinski definition) is 2. The molecule has 2 nitrogen and oxygen atoms in total. The van der Waals surface area contributed by atoms with Crippen LogP contribution in [0.2, 0.25) is 0 Å². The molecule has 2 aliphatic rings. The lowest BCUT2D eigenvalue weighted by molar-refractivity contribution is -0.143. The minimum atomic E-state index is 0.00868. The first-order valence-electron chi connectivity index (χ1n) is 7.24. The fourth-order valence-corrected chi connectivity index (χ4v) is 2.99. The van der Waals surface area contributed by atoms with E-state index in [1.807, 2.05) is 27.7 Å². The van der Waals surface area contributed by atoms with E-state index in [1.54, 1.807) is 0 Å². The van der Waals surface area contributed by atoms with Gasteiger partial charge in [0.25, 0.3) is 0 Å². The zero-order valence-electron chi connectivity index (χ0n) is 12.8. The molecular formula is C16H28O2. The molecule has 0 aromatic rings. The number of hydrogen-bond donors (Lipinski definition) is 0. The van der Waals surface area contributed by atoms with Crippen molar-refractivity contribution in [3.63, 3.8) is 0 Å². The normalized spacial score (nSPS) is 31.9. The molecule has 2 aliphatic carbocycles. The van der Waals surface area contributed by atoms with Crippen LogP contribution in [0.4, 0.5) is 0 Å². The maximum Gasteiger partial charge on any atom is 0.139 e. The van der Waals surface area contributed by atoms with Gasteiger partial charge in [-0.1, -0.05) is 54.4 Å². The average molecular weight is 252 g/mol. The van der Waals surface area contributed by atoms with Gasteiger partial charge in [0.1, 0.15) is 11.6 Å². The van der Waals surface area contributed by atoms with Crippen LogP contribution in [0, 0.1) is 22.7 Å². The summed E-state index contributed by atoms with van der Waals surface area (Å²) in [6.45, 7) is 12.5. The molecule has 0 heterocycles. The first-order valence-corrected chi connectivity index (χ1v) is 7.24. The molecule has 0 N–H and O–H groups in total. The molecule has 0 saturated heterocycles. The van der Waals surface area contributed by atoms with Crippen molar-refractivity contribution in [2.75, 3.05) is 0 Å². The second-order valence-electron chi connectivity index (χ2n) is 6.91. The number of ketones is 2. The molecule has 0 aromatic heterocycles. The lowest BCUT2D eigenvalue weighted by Crippen LogP contribution is -2.44. The van der Waals surface area contributed by atoms with Crippen LogP contribution in [0.5, 0.6) is 0 Å². The van der Waals surface area contributed by atoms with E-state index in [0.717, 1.165) is 25.7 Å². The Bertz CT molecular complexity index is 305. The number of carbonyl (C=O) groups excluding carboxylic acids is 2. The van der Waals surface area contributed by atoms with Crippen LogP contribution >= 0.6 is 0 Å². The maximum atomic E-state index is 10.9. The van der Waals surface area contributed by atoms with Gasteiger partial charge in [0.05, 0.1) is 0 Å². The first kappa shape index (κ1) is 15.4. The van der Waals surface area contributed by atoms with Gasteiger partial charge in [0, 0.05) is 23.7 Å². The summed E-state index contributed by atoms with van der Waals surface area (Å²) in [6.07, 6.45) is 3.95. The Kier molecular flexibility index (Phi) is 4.40. The topological polar surface area (TPSA) is 34.1 Å². The van der Waals surface area contributed by atoms with Crippen molar-refractivity contribution in [3.8, 4) is 0 Å². The second kappa shape index (κ2) is 5.14. The molecule has 0 amide bonds. The largest absolute Gasteiger partial charge is 0.299 e. The molecule has 2 saturated carbocycles. The van der Waals surface area contributed by atoms with Gasteiger partial charge in [-0.05, 0) is 11.8 Å². The van der Waals surface area contributed by atoms with Crippen molar-refractivity contribution in [2.24, 2.45) is 22.7 Å². The molecule has 104 valence electrons. The fourth-order valence-electron chi connectivity index (χ4n) is 2.99. The first-order chi connectivity index (χ1) is 8.17. The van der Waals surface area contributed by atoms with Crippen LogP contribution in [-0.4, -0.2) is 11.6 Å². The highest BCUT2D eigenvalue weighted by molar-refractivity contribution is 5.90. The Morgan fingerprint density at radius 2 is 1.11 bits per heavy atom. The van der Waals surface area contributed by atoms with Crippen molar-refractivity contribution < 1.29 is 9.59 Å². The molecule has 0 unspecified atom stereocenters. The van der Waals surface area contributed by atoms with Crippen LogP contribution in [0.1, 0.15) is 67.2 Å². The summed E-state index contributed by atoms with van der Waals surface area (Å²) >= 11 is 0. The Morgan fingerprint density at radius 3 is 1.17 bits per heavy atom. The Morgan fingerprint density at radius 1 is 0.833 bits per heavy atom. The monoisotopic (exact) mass is 252 g/mol. The van der Waals surface area contributed by atoms with E-state index in [-0.39, 0.29) is 10.8 Å². The summed E-state index contributed by atoms with van der Waals surface area (Å²) < 4.78 is 0. The molecule has 2 rings (SSSR count). The predicted molar refractivity (Wildman–Crippen MR) is 74.4 cm³/mol. The van der Waals surface area contributed by atoms with E-state index in [2.05, 4.69) is 13.8 Å². The van der Waals surface area contributed by atoms with Crippen LogP contribution in [0.15, 0.2) is 0 Å². The third-order valence-corrected chi connectivity index (χ3v) is 5.33. The summed E-state index contributed by atoms with van der Waals surface area (Å²) in [5.41, 5.74) is 0.0174. The highest BCUT2D eigenvalue weighted by atomic mass is 16.1. The van der Waals surface area contributed by atoms with Crippen molar-refractivity contribution in [3.05, 3.63) is 0 Å². The zero-order chi connectivity index (χ0) is 14.1. The number of carbonyl (C=O) groups is 2. The highest BCUT2D eigenvalue weighted by Gasteiger charge is 2.46. The standard InChI is InChI=1S/2C8H14O/c2*1-4-6-5-7(9)8(6,2)3/h2*6H,4-5H2,1-3H3/t2*6-/m10/s1. The van der Waals surface area contributed by atoms with Gasteiger partial charge in [-0.25, -0.2) is 0 Å². The summed E-state index contributed by atoms with van der Waals surface area (Å²) in [5.74, 6) is 2.19. The molecule has 18 heavy (non-hydrogen) atoms. The van der Waals surface area contributed by atoms with Crippen molar-refractivity contribution in [2.45, 2.75) is 67.2 Å². The predicted octanol–water partition coefficient (Wildman–Crippen LogP) is 4.02. The maximum absolute atomic E-state index is 10.9. The van der Waals surface area contributed by atoms with Crippen LogP contribution in [-0.2, 0) is 9.59 Å². The quantitative estimate of drug-likeness (QED) is 0.743. The number of Topliss-reactive ketones (excluding diaryl/α,β-unsaturated/α-hetero) is 2. The molecule has 0 spiro atoms. The zero-order valence-corrected chi connectivity index (χ0v) is 12.8. The third kappa shape index (κ3) is 2.53. The van der Waals surface area contributed by atoms with E-state index in [1.165, 1.54) is 0 Å². The van der Waals surface area contributed by atoms with Gasteiger partial charge < -0.3 is 0 Å². The van der Waals surface area contributed by atoms with Gasteiger partial charge in [0.2, 0.25) is 0 Å². The second-order valence-corrected chi connectivity index (χ2v) is 6.91. The van der Waals surface area contributed by atoms with Crippen molar-refractivity contribution >= 4 is 11.6 Å². The Hall–Kier alpha value is -0.660. The van der Waals surface area contributed by atoms with Gasteiger partial charge in [-0.3, -0.25) is 9.59 Å². The van der Waals surface area contributed by atoms with E-state index in [9.17, 15) is 9.59 Å². The molecule has 2 atom stereocenters. The van der Waals surface area contributed by atoms with Crippen molar-refractivity contribution in [1.29, 1.82) is 0 Å². The van der Waals surface area contributed by atoms with E-state index < -0.39 is 0 Å². The summed E-state index contributed by atoms with van der Waals surface area (Å²) in [6, 6.07) is 0. The molecule has 2 heteroatoms. The molecule has 2 fully saturated rings. The molecule has 0 aromatic carbocycles. The van der Waals surface area contributed by atoms with Crippen LogP contribution in [0.25, 0.3) is 0 Å². The van der Waals surface area contributed by atoms with Crippen LogP contribution in [0.3, 0.4) is 0 Å². The molecule has 0 aliphatic heterocycles. The number of rotatable bonds is 2. The minimum Gasteiger partial charge on any atom is -0.299 e. The molecular weight excluding hydrogens is 224 g/mol. The molecule has 0 radical (unpaired) electrons. The minimum absolute atomic E-state index is 0.00868. The average Bonchev–Trinajstić information content (AvgIpc) is 2.33. The summed E-state index contributed by atoms with van der Waals surface area (Å²) in [7, 11) is 0. The fraction of sp³-hybridized carbons (Fsp3) is 0.875. The smallest absolute Gasteiger partial charge is 0.139 e. The Balaban J connectivity index is 0.000000180. The summed E-state index contributed by atoms with van der Waals surface area (Å²) in [5, 5.41) is 0. The van der Waals surface area contributed by atoms with Gasteiger partial charge in [-0.15, -0.1) is 0 Å². The molecule has 0 bridgehead atoms. The lowest BCUT2D eigenvalue weighted by atomic mass is 9.60. The van der Waals surface area contributed by atoms with E-state index in [4.69, 9.17) is 0 Å². The van der Waals surface area contributed by atoms with Gasteiger partial charge >= 0.3 is 0 Å².